The maximum atomic E-state index is 11.0. The minimum atomic E-state index is -0.421. The summed E-state index contributed by atoms with van der Waals surface area (Å²) in [6, 6.07) is 0. The average molecular weight is 213 g/mol. The Bertz CT molecular complexity index is 232. The Morgan fingerprint density at radius 1 is 1.47 bits per heavy atom. The van der Waals surface area contributed by atoms with Crippen LogP contribution in [-0.4, -0.2) is 25.0 Å². The van der Waals surface area contributed by atoms with Gasteiger partial charge in [-0.2, -0.15) is 0 Å². The quantitative estimate of drug-likeness (QED) is 0.521. The third kappa shape index (κ3) is 5.57. The van der Waals surface area contributed by atoms with Gasteiger partial charge < -0.3 is 10.1 Å². The lowest BCUT2D eigenvalue weighted by atomic mass is 10.0. The van der Waals surface area contributed by atoms with Crippen LogP contribution in [0.4, 0.5) is 0 Å². The minimum Gasteiger partial charge on any atom is -0.389 e. The predicted octanol–water partition coefficient (Wildman–Crippen LogP) is 2.27. The lowest BCUT2D eigenvalue weighted by molar-refractivity contribution is -0.112. The van der Waals surface area contributed by atoms with Gasteiger partial charge in [0.15, 0.2) is 5.78 Å². The molecule has 0 atom stereocenters. The fraction of sp³-hybridized carbons (Fsp3) is 0.750. The molecule has 0 aliphatic heterocycles. The Hall–Kier alpha value is -0.830. The number of carbonyl (C=O) groups is 1. The average Bonchev–Trinajstić information content (AvgIpc) is 2.14. The summed E-state index contributed by atoms with van der Waals surface area (Å²) in [6.45, 7) is 8.32. The van der Waals surface area contributed by atoms with Gasteiger partial charge in [0.2, 0.25) is 0 Å². The van der Waals surface area contributed by atoms with Gasteiger partial charge in [0.1, 0.15) is 5.60 Å². The van der Waals surface area contributed by atoms with Crippen molar-refractivity contribution in [2.45, 2.75) is 46.1 Å². The van der Waals surface area contributed by atoms with Crippen molar-refractivity contribution in [3.05, 3.63) is 11.8 Å². The van der Waals surface area contributed by atoms with Crippen LogP contribution >= 0.6 is 0 Å². The molecule has 0 unspecified atom stereocenters. The third-order valence-electron chi connectivity index (χ3n) is 2.23. The van der Waals surface area contributed by atoms with Crippen molar-refractivity contribution in [2.75, 3.05) is 13.7 Å². The van der Waals surface area contributed by atoms with Crippen LogP contribution in [0.2, 0.25) is 0 Å². The van der Waals surface area contributed by atoms with Crippen molar-refractivity contribution in [3.8, 4) is 0 Å². The fourth-order valence-corrected chi connectivity index (χ4v) is 1.30. The van der Waals surface area contributed by atoms with Crippen LogP contribution in [0.5, 0.6) is 0 Å². The summed E-state index contributed by atoms with van der Waals surface area (Å²) in [5.41, 5.74) is 0.404. The number of ketones is 1. The van der Waals surface area contributed by atoms with Crippen molar-refractivity contribution < 1.29 is 9.53 Å². The molecule has 0 spiro atoms. The summed E-state index contributed by atoms with van der Waals surface area (Å²) in [7, 11) is 1.81. The van der Waals surface area contributed by atoms with Gasteiger partial charge in [0.25, 0.3) is 0 Å². The molecule has 0 aromatic rings. The van der Waals surface area contributed by atoms with E-state index in [1.807, 2.05) is 13.8 Å². The maximum absolute atomic E-state index is 11.0. The topological polar surface area (TPSA) is 38.3 Å². The molecule has 3 nitrogen and oxygen atoms in total. The zero-order valence-corrected chi connectivity index (χ0v) is 10.5. The summed E-state index contributed by atoms with van der Waals surface area (Å²) in [6.07, 6.45) is 3.74. The lowest BCUT2D eigenvalue weighted by Crippen LogP contribution is -2.34. The van der Waals surface area contributed by atoms with Gasteiger partial charge in [0, 0.05) is 25.4 Å². The van der Waals surface area contributed by atoms with E-state index < -0.39 is 5.60 Å². The highest BCUT2D eigenvalue weighted by molar-refractivity contribution is 5.88. The monoisotopic (exact) mass is 213 g/mol. The summed E-state index contributed by atoms with van der Waals surface area (Å²) in [5.74, 6) is 0.0338. The van der Waals surface area contributed by atoms with Gasteiger partial charge in [-0.25, -0.2) is 0 Å². The summed E-state index contributed by atoms with van der Waals surface area (Å²) in [5, 5.41) is 3.02. The number of carbonyl (C=O) groups excluding carboxylic acids is 1. The number of nitrogens with one attached hydrogen (secondary N) is 1. The smallest absolute Gasteiger partial charge is 0.154 e. The van der Waals surface area contributed by atoms with Crippen LogP contribution in [0.25, 0.3) is 0 Å². The lowest BCUT2D eigenvalue weighted by Gasteiger charge is -2.28. The molecular formula is C12H23NO2. The largest absolute Gasteiger partial charge is 0.389 e. The highest BCUT2D eigenvalue weighted by atomic mass is 16.5. The number of allylic oxidation sites excluding steroid dienone is 1. The second-order valence-electron chi connectivity index (χ2n) is 4.13. The van der Waals surface area contributed by atoms with Crippen LogP contribution in [0.1, 0.15) is 40.5 Å². The van der Waals surface area contributed by atoms with Crippen molar-refractivity contribution in [1.29, 1.82) is 0 Å². The zero-order chi connectivity index (χ0) is 11.9. The Labute approximate surface area is 92.9 Å². The van der Waals surface area contributed by atoms with Gasteiger partial charge in [-0.3, -0.25) is 4.79 Å². The number of hydrogen-bond donors (Lipinski definition) is 1. The van der Waals surface area contributed by atoms with Gasteiger partial charge in [-0.15, -0.1) is 0 Å². The van der Waals surface area contributed by atoms with Crippen LogP contribution in [0.3, 0.4) is 0 Å². The molecule has 0 aromatic carbocycles. The van der Waals surface area contributed by atoms with Gasteiger partial charge in [-0.1, -0.05) is 13.3 Å². The van der Waals surface area contributed by atoms with E-state index in [2.05, 4.69) is 12.2 Å². The van der Waals surface area contributed by atoms with Crippen LogP contribution in [0.15, 0.2) is 11.8 Å². The number of ether oxygens (including phenoxy) is 1. The Morgan fingerprint density at radius 3 is 2.47 bits per heavy atom. The van der Waals surface area contributed by atoms with Crippen molar-refractivity contribution in [2.24, 2.45) is 0 Å². The number of unbranched alkanes of at least 4 members (excludes halogenated alkanes) is 1. The molecule has 0 rings (SSSR count). The molecule has 0 aliphatic carbocycles. The Balaban J connectivity index is 4.44. The highest BCUT2D eigenvalue weighted by Crippen LogP contribution is 2.18. The molecule has 0 radical (unpaired) electrons. The normalized spacial score (nSPS) is 12.7. The first-order valence-corrected chi connectivity index (χ1v) is 5.48. The van der Waals surface area contributed by atoms with Gasteiger partial charge in [-0.05, 0) is 27.2 Å². The van der Waals surface area contributed by atoms with Crippen LogP contribution in [-0.2, 0) is 9.53 Å². The molecular weight excluding hydrogens is 190 g/mol. The van der Waals surface area contributed by atoms with E-state index in [0.717, 1.165) is 25.1 Å². The summed E-state index contributed by atoms with van der Waals surface area (Å²) in [4.78, 5) is 11.0. The highest BCUT2D eigenvalue weighted by Gasteiger charge is 2.23. The molecule has 1 N–H and O–H groups in total. The van der Waals surface area contributed by atoms with Crippen LogP contribution < -0.4 is 5.32 Å². The van der Waals surface area contributed by atoms with E-state index in [0.29, 0.717) is 0 Å². The molecule has 0 bridgehead atoms. The molecule has 15 heavy (non-hydrogen) atoms. The SMILES string of the molecule is CCCCOC(C)(C)/C(=C/C(C)=O)NC. The Kier molecular flexibility index (Phi) is 6.25. The van der Waals surface area contributed by atoms with E-state index in [9.17, 15) is 4.79 Å². The fourth-order valence-electron chi connectivity index (χ4n) is 1.30. The third-order valence-corrected chi connectivity index (χ3v) is 2.23. The molecule has 88 valence electrons. The summed E-state index contributed by atoms with van der Waals surface area (Å²) >= 11 is 0. The summed E-state index contributed by atoms with van der Waals surface area (Å²) < 4.78 is 5.74. The maximum Gasteiger partial charge on any atom is 0.154 e. The molecule has 0 saturated heterocycles. The van der Waals surface area contributed by atoms with Gasteiger partial charge >= 0.3 is 0 Å². The van der Waals surface area contributed by atoms with E-state index in [4.69, 9.17) is 4.74 Å². The van der Waals surface area contributed by atoms with E-state index >= 15 is 0 Å². The number of likely N-dealkylation sites (N-methyl/N-ethyl adjacent to an activating group) is 1. The molecule has 0 heterocycles. The van der Waals surface area contributed by atoms with E-state index in [1.165, 1.54) is 0 Å². The van der Waals surface area contributed by atoms with Crippen LogP contribution in [0, 0.1) is 0 Å². The van der Waals surface area contributed by atoms with E-state index in [1.54, 1.807) is 20.0 Å². The molecule has 0 saturated carbocycles. The van der Waals surface area contributed by atoms with Crippen molar-refractivity contribution >= 4 is 5.78 Å². The van der Waals surface area contributed by atoms with E-state index in [-0.39, 0.29) is 5.78 Å². The molecule has 0 aromatic heterocycles. The number of hydrogen-bond acceptors (Lipinski definition) is 3. The van der Waals surface area contributed by atoms with Crippen molar-refractivity contribution in [1.82, 2.24) is 5.32 Å². The molecule has 0 aliphatic rings. The first-order chi connectivity index (χ1) is 6.94. The second-order valence-corrected chi connectivity index (χ2v) is 4.13. The first kappa shape index (κ1) is 14.2. The Morgan fingerprint density at radius 2 is 2.07 bits per heavy atom. The van der Waals surface area contributed by atoms with Crippen molar-refractivity contribution in [3.63, 3.8) is 0 Å². The number of rotatable bonds is 7. The zero-order valence-electron chi connectivity index (χ0n) is 10.5. The first-order valence-electron chi connectivity index (χ1n) is 5.48. The minimum absolute atomic E-state index is 0.0338. The standard InChI is InChI=1S/C12H23NO2/c1-6-7-8-15-12(3,4)11(13-5)9-10(2)14/h9,13H,6-8H2,1-5H3/b11-9-. The molecule has 0 amide bonds. The molecule has 0 fully saturated rings. The van der Waals surface area contributed by atoms with Gasteiger partial charge in [0.05, 0.1) is 0 Å². The molecule has 3 heteroatoms. The predicted molar refractivity (Wildman–Crippen MR) is 62.8 cm³/mol. The second kappa shape index (κ2) is 6.62.